The van der Waals surface area contributed by atoms with Crippen molar-refractivity contribution >= 4 is 11.5 Å². The first-order valence-corrected chi connectivity index (χ1v) is 7.06. The molecular weight excluding hydrogens is 252 g/mol. The summed E-state index contributed by atoms with van der Waals surface area (Å²) < 4.78 is 2.06. The molecule has 5 heteroatoms. The molecule has 1 aliphatic rings. The van der Waals surface area contributed by atoms with Crippen LogP contribution < -0.4 is 11.1 Å². The van der Waals surface area contributed by atoms with Gasteiger partial charge in [0.2, 0.25) is 0 Å². The summed E-state index contributed by atoms with van der Waals surface area (Å²) in [6.45, 7) is 1.15. The Morgan fingerprint density at radius 2 is 2.15 bits per heavy atom. The van der Waals surface area contributed by atoms with Gasteiger partial charge in [-0.05, 0) is 37.0 Å². The van der Waals surface area contributed by atoms with E-state index >= 15 is 0 Å². The minimum absolute atomic E-state index is 0.214. The first-order chi connectivity index (χ1) is 9.79. The summed E-state index contributed by atoms with van der Waals surface area (Å²) in [5, 5.41) is 16.9. The van der Waals surface area contributed by atoms with Gasteiger partial charge in [-0.1, -0.05) is 12.1 Å². The Hall–Kier alpha value is -2.01. The molecule has 106 valence electrons. The van der Waals surface area contributed by atoms with Gasteiger partial charge in [0.15, 0.2) is 0 Å². The molecule has 1 aromatic carbocycles. The number of benzene rings is 1. The summed E-state index contributed by atoms with van der Waals surface area (Å²) in [6.07, 6.45) is 4.55. The van der Waals surface area contributed by atoms with E-state index in [1.54, 1.807) is 0 Å². The largest absolute Gasteiger partial charge is 0.399 e. The van der Waals surface area contributed by atoms with Crippen LogP contribution in [0.25, 0.3) is 0 Å². The highest BCUT2D eigenvalue weighted by molar-refractivity contribution is 5.48. The summed E-state index contributed by atoms with van der Waals surface area (Å²) in [4.78, 5) is 0. The molecule has 0 radical (unpaired) electrons. The van der Waals surface area contributed by atoms with Crippen LogP contribution in [0.2, 0.25) is 0 Å². The lowest BCUT2D eigenvalue weighted by Gasteiger charge is -2.27. The number of aliphatic hydroxyl groups is 1. The number of fused-ring (bicyclic) bond motifs is 1. The van der Waals surface area contributed by atoms with E-state index in [9.17, 15) is 0 Å². The minimum atomic E-state index is 0.214. The smallest absolute Gasteiger partial charge is 0.128 e. The number of hydrogen-bond acceptors (Lipinski definition) is 4. The minimum Gasteiger partial charge on any atom is -0.399 e. The third-order valence-corrected chi connectivity index (χ3v) is 3.80. The highest BCUT2D eigenvalue weighted by atomic mass is 16.2. The van der Waals surface area contributed by atoms with E-state index in [4.69, 9.17) is 10.8 Å². The Labute approximate surface area is 118 Å². The van der Waals surface area contributed by atoms with Crippen LogP contribution in [0.4, 0.5) is 11.5 Å². The van der Waals surface area contributed by atoms with Crippen LogP contribution in [0.15, 0.2) is 30.5 Å². The fourth-order valence-electron chi connectivity index (χ4n) is 2.76. The quantitative estimate of drug-likeness (QED) is 0.742. The molecule has 3 rings (SSSR count). The predicted octanol–water partition coefficient (Wildman–Crippen LogP) is 1.80. The van der Waals surface area contributed by atoms with E-state index < -0.39 is 0 Å². The van der Waals surface area contributed by atoms with E-state index in [2.05, 4.69) is 27.2 Å². The van der Waals surface area contributed by atoms with E-state index in [1.807, 2.05) is 18.3 Å². The second-order valence-electron chi connectivity index (χ2n) is 5.19. The lowest BCUT2D eigenvalue weighted by molar-refractivity contribution is 0.288. The van der Waals surface area contributed by atoms with Gasteiger partial charge in [0.25, 0.3) is 0 Å². The average Bonchev–Trinajstić information content (AvgIpc) is 2.89. The van der Waals surface area contributed by atoms with Gasteiger partial charge in [0.1, 0.15) is 5.82 Å². The first kappa shape index (κ1) is 13.0. The number of rotatable bonds is 4. The highest BCUT2D eigenvalue weighted by Crippen LogP contribution is 2.31. The van der Waals surface area contributed by atoms with E-state index in [1.165, 1.54) is 11.1 Å². The van der Waals surface area contributed by atoms with Crippen molar-refractivity contribution in [3.63, 3.8) is 0 Å². The Morgan fingerprint density at radius 3 is 2.90 bits per heavy atom. The highest BCUT2D eigenvalue weighted by Gasteiger charge is 2.23. The van der Waals surface area contributed by atoms with Gasteiger partial charge in [-0.25, -0.2) is 4.68 Å². The number of aromatic nitrogens is 2. The van der Waals surface area contributed by atoms with Crippen molar-refractivity contribution in [2.75, 3.05) is 24.2 Å². The number of nitrogen functional groups attached to an aromatic ring is 1. The number of nitrogens with one attached hydrogen (secondary N) is 1. The van der Waals surface area contributed by atoms with Crippen molar-refractivity contribution in [1.82, 2.24) is 9.78 Å². The maximum atomic E-state index is 8.97. The zero-order valence-corrected chi connectivity index (χ0v) is 11.4. The summed E-state index contributed by atoms with van der Waals surface area (Å²) in [5.74, 6) is 1.09. The molecule has 5 nitrogen and oxygen atoms in total. The molecule has 0 amide bonds. The predicted molar refractivity (Wildman–Crippen MR) is 79.7 cm³/mol. The fourth-order valence-corrected chi connectivity index (χ4v) is 2.76. The van der Waals surface area contributed by atoms with Crippen molar-refractivity contribution in [2.24, 2.45) is 0 Å². The maximum absolute atomic E-state index is 8.97. The van der Waals surface area contributed by atoms with Crippen LogP contribution >= 0.6 is 0 Å². The van der Waals surface area contributed by atoms with Crippen molar-refractivity contribution < 1.29 is 5.11 Å². The SMILES string of the molecule is Nc1ccc(C2CCNc3c(CCCO)cnn32)cc1. The molecule has 0 fully saturated rings. The van der Waals surface area contributed by atoms with Crippen LogP contribution in [0.3, 0.4) is 0 Å². The lowest BCUT2D eigenvalue weighted by Crippen LogP contribution is -2.24. The number of aryl methyl sites for hydroxylation is 1. The molecule has 1 atom stereocenters. The molecule has 2 aromatic rings. The number of nitrogens with zero attached hydrogens (tertiary/aromatic N) is 2. The topological polar surface area (TPSA) is 76.1 Å². The van der Waals surface area contributed by atoms with E-state index in [-0.39, 0.29) is 12.6 Å². The number of hydrogen-bond donors (Lipinski definition) is 3. The third kappa shape index (κ3) is 2.36. The Morgan fingerprint density at radius 1 is 1.35 bits per heavy atom. The van der Waals surface area contributed by atoms with Gasteiger partial charge in [0.05, 0.1) is 12.2 Å². The molecule has 1 aromatic heterocycles. The summed E-state index contributed by atoms with van der Waals surface area (Å²) >= 11 is 0. The van der Waals surface area contributed by atoms with Gasteiger partial charge < -0.3 is 16.2 Å². The Bertz CT molecular complexity index is 576. The van der Waals surface area contributed by atoms with Crippen molar-refractivity contribution in [3.8, 4) is 0 Å². The normalized spacial score (nSPS) is 17.6. The molecule has 20 heavy (non-hydrogen) atoms. The lowest BCUT2D eigenvalue weighted by atomic mass is 10.0. The van der Waals surface area contributed by atoms with Gasteiger partial charge >= 0.3 is 0 Å². The standard InChI is InChI=1S/C15H20N4O/c16-13-5-3-11(4-6-13)14-7-8-17-15-12(2-1-9-20)10-18-19(14)15/h3-6,10,14,17,20H,1-2,7-9,16H2. The molecule has 1 aliphatic heterocycles. The van der Waals surface area contributed by atoms with Crippen LogP contribution in [0.5, 0.6) is 0 Å². The number of aliphatic hydroxyl groups excluding tert-OH is 1. The van der Waals surface area contributed by atoms with Gasteiger partial charge in [-0.3, -0.25) is 0 Å². The number of nitrogens with two attached hydrogens (primary N) is 1. The summed E-state index contributed by atoms with van der Waals surface area (Å²) in [5.41, 5.74) is 8.95. The van der Waals surface area contributed by atoms with Crippen molar-refractivity contribution in [3.05, 3.63) is 41.6 Å². The molecule has 4 N–H and O–H groups in total. The molecule has 0 spiro atoms. The average molecular weight is 272 g/mol. The molecule has 0 saturated heterocycles. The van der Waals surface area contributed by atoms with Gasteiger partial charge in [-0.2, -0.15) is 5.10 Å². The second-order valence-corrected chi connectivity index (χ2v) is 5.19. The molecule has 1 unspecified atom stereocenters. The zero-order valence-electron chi connectivity index (χ0n) is 11.4. The van der Waals surface area contributed by atoms with Gasteiger partial charge in [0, 0.05) is 24.4 Å². The Balaban J connectivity index is 1.90. The molecular formula is C15H20N4O. The van der Waals surface area contributed by atoms with Crippen LogP contribution in [0, 0.1) is 0 Å². The first-order valence-electron chi connectivity index (χ1n) is 7.06. The maximum Gasteiger partial charge on any atom is 0.128 e. The van der Waals surface area contributed by atoms with Gasteiger partial charge in [-0.15, -0.1) is 0 Å². The molecule has 0 aliphatic carbocycles. The molecule has 2 heterocycles. The fraction of sp³-hybridized carbons (Fsp3) is 0.400. The zero-order chi connectivity index (χ0) is 13.9. The van der Waals surface area contributed by atoms with Crippen LogP contribution in [0.1, 0.15) is 30.0 Å². The van der Waals surface area contributed by atoms with Crippen LogP contribution in [-0.2, 0) is 6.42 Å². The second kappa shape index (κ2) is 5.54. The monoisotopic (exact) mass is 272 g/mol. The van der Waals surface area contributed by atoms with E-state index in [0.29, 0.717) is 0 Å². The summed E-state index contributed by atoms with van der Waals surface area (Å²) in [6, 6.07) is 8.28. The number of anilines is 2. The van der Waals surface area contributed by atoms with E-state index in [0.717, 1.165) is 37.3 Å². The third-order valence-electron chi connectivity index (χ3n) is 3.80. The molecule has 0 saturated carbocycles. The van der Waals surface area contributed by atoms with Crippen molar-refractivity contribution in [2.45, 2.75) is 25.3 Å². The van der Waals surface area contributed by atoms with Crippen LogP contribution in [-0.4, -0.2) is 28.0 Å². The molecule has 0 bridgehead atoms. The Kier molecular flexibility index (Phi) is 3.60. The van der Waals surface area contributed by atoms with Crippen molar-refractivity contribution in [1.29, 1.82) is 0 Å². The summed E-state index contributed by atoms with van der Waals surface area (Å²) in [7, 11) is 0.